The van der Waals surface area contributed by atoms with Gasteiger partial charge in [0, 0.05) is 13.0 Å². The Labute approximate surface area is 173 Å². The van der Waals surface area contributed by atoms with E-state index in [1.807, 2.05) is 0 Å². The van der Waals surface area contributed by atoms with E-state index in [4.69, 9.17) is 5.21 Å². The number of nitrogens with zero attached hydrogens (tertiary/aromatic N) is 2. The van der Waals surface area contributed by atoms with Crippen LogP contribution in [0.5, 0.6) is 0 Å². The van der Waals surface area contributed by atoms with E-state index in [1.54, 1.807) is 15.3 Å². The maximum absolute atomic E-state index is 13.6. The van der Waals surface area contributed by atoms with Crippen molar-refractivity contribution >= 4 is 17.8 Å². The summed E-state index contributed by atoms with van der Waals surface area (Å²) in [7, 11) is 0. The highest BCUT2D eigenvalue weighted by Gasteiger charge is 2.60. The topological polar surface area (TPSA) is 90.0 Å². The van der Waals surface area contributed by atoms with Gasteiger partial charge in [-0.15, -0.1) is 0 Å². The molecule has 1 heterocycles. The van der Waals surface area contributed by atoms with Crippen molar-refractivity contribution in [3.63, 3.8) is 0 Å². The SMILES string of the molecule is CC(C)(C)CN1C(=O)N(C23CC4CC(CC(C4)C2)C3)C(=O)C1CCCC(=O)NO. The number of carbonyl (C=O) groups is 3. The van der Waals surface area contributed by atoms with E-state index in [-0.39, 0.29) is 29.3 Å². The summed E-state index contributed by atoms with van der Waals surface area (Å²) in [6, 6.07) is -0.621. The van der Waals surface area contributed by atoms with E-state index in [2.05, 4.69) is 20.8 Å². The summed E-state index contributed by atoms with van der Waals surface area (Å²) < 4.78 is 0. The molecule has 1 aliphatic heterocycles. The summed E-state index contributed by atoms with van der Waals surface area (Å²) in [4.78, 5) is 42.0. The second-order valence-corrected chi connectivity index (χ2v) is 11.2. The van der Waals surface area contributed by atoms with Gasteiger partial charge in [-0.2, -0.15) is 0 Å². The Morgan fingerprint density at radius 1 is 1.10 bits per heavy atom. The van der Waals surface area contributed by atoms with Crippen molar-refractivity contribution in [1.29, 1.82) is 0 Å². The lowest BCUT2D eigenvalue weighted by atomic mass is 9.52. The molecular formula is C22H35N3O4. The Hall–Kier alpha value is -1.63. The number of carbonyl (C=O) groups excluding carboxylic acids is 3. The number of rotatable bonds is 6. The Morgan fingerprint density at radius 3 is 2.14 bits per heavy atom. The Kier molecular flexibility index (Phi) is 5.16. The molecule has 5 rings (SSSR count). The predicted octanol–water partition coefficient (Wildman–Crippen LogP) is 3.31. The van der Waals surface area contributed by atoms with Gasteiger partial charge in [0.05, 0.1) is 5.54 Å². The van der Waals surface area contributed by atoms with Gasteiger partial charge in [0.15, 0.2) is 0 Å². The maximum atomic E-state index is 13.6. The third kappa shape index (κ3) is 3.78. The van der Waals surface area contributed by atoms with Crippen LogP contribution in [0, 0.1) is 23.2 Å². The molecule has 4 amide bonds. The van der Waals surface area contributed by atoms with Gasteiger partial charge in [-0.1, -0.05) is 20.8 Å². The van der Waals surface area contributed by atoms with Crippen molar-refractivity contribution in [3.8, 4) is 0 Å². The lowest BCUT2D eigenvalue weighted by molar-refractivity contribution is -0.141. The second kappa shape index (κ2) is 7.25. The van der Waals surface area contributed by atoms with E-state index in [0.717, 1.165) is 19.3 Å². The van der Waals surface area contributed by atoms with Crippen molar-refractivity contribution in [2.75, 3.05) is 6.54 Å². The molecule has 1 saturated heterocycles. The molecule has 7 nitrogen and oxygen atoms in total. The molecule has 0 radical (unpaired) electrons. The molecule has 0 aromatic carbocycles. The van der Waals surface area contributed by atoms with Gasteiger partial charge in [-0.05, 0) is 74.5 Å². The molecule has 5 aliphatic rings. The van der Waals surface area contributed by atoms with Gasteiger partial charge in [-0.3, -0.25) is 19.7 Å². The Balaban J connectivity index is 1.57. The zero-order valence-electron chi connectivity index (χ0n) is 17.9. The number of amides is 4. The summed E-state index contributed by atoms with van der Waals surface area (Å²) in [6.45, 7) is 6.76. The first-order valence-electron chi connectivity index (χ1n) is 11.2. The van der Waals surface area contributed by atoms with Crippen LogP contribution in [0.3, 0.4) is 0 Å². The van der Waals surface area contributed by atoms with Gasteiger partial charge in [0.1, 0.15) is 6.04 Å². The summed E-state index contributed by atoms with van der Waals surface area (Å²) in [5.41, 5.74) is 1.24. The highest BCUT2D eigenvalue weighted by Crippen LogP contribution is 2.58. The van der Waals surface area contributed by atoms with Crippen LogP contribution in [0.25, 0.3) is 0 Å². The first-order chi connectivity index (χ1) is 13.6. The third-order valence-electron chi connectivity index (χ3n) is 7.45. The summed E-state index contributed by atoms with van der Waals surface area (Å²) >= 11 is 0. The Morgan fingerprint density at radius 2 is 1.66 bits per heavy atom. The Bertz CT molecular complexity index is 663. The minimum Gasteiger partial charge on any atom is -0.312 e. The van der Waals surface area contributed by atoms with Gasteiger partial charge in [-0.25, -0.2) is 10.3 Å². The molecular weight excluding hydrogens is 370 g/mol. The van der Waals surface area contributed by atoms with Crippen molar-refractivity contribution in [3.05, 3.63) is 0 Å². The molecule has 4 saturated carbocycles. The molecule has 1 unspecified atom stereocenters. The van der Waals surface area contributed by atoms with Gasteiger partial charge >= 0.3 is 6.03 Å². The molecule has 7 heteroatoms. The number of hydrogen-bond donors (Lipinski definition) is 2. The lowest BCUT2D eigenvalue weighted by Crippen LogP contribution is -2.62. The van der Waals surface area contributed by atoms with E-state index in [9.17, 15) is 14.4 Å². The minimum atomic E-state index is -0.499. The fraction of sp³-hybridized carbons (Fsp3) is 0.864. The molecule has 0 aromatic heterocycles. The number of nitrogens with one attached hydrogen (secondary N) is 1. The minimum absolute atomic E-state index is 0.0643. The van der Waals surface area contributed by atoms with E-state index in [0.29, 0.717) is 37.1 Å². The van der Waals surface area contributed by atoms with Crippen LogP contribution in [0.1, 0.15) is 78.6 Å². The van der Waals surface area contributed by atoms with Crippen LogP contribution in [0.15, 0.2) is 0 Å². The molecule has 4 bridgehead atoms. The monoisotopic (exact) mass is 405 g/mol. The van der Waals surface area contributed by atoms with Crippen molar-refractivity contribution < 1.29 is 19.6 Å². The predicted molar refractivity (Wildman–Crippen MR) is 107 cm³/mol. The largest absolute Gasteiger partial charge is 0.327 e. The number of urea groups is 1. The van der Waals surface area contributed by atoms with Crippen molar-refractivity contribution in [1.82, 2.24) is 15.3 Å². The van der Waals surface area contributed by atoms with Crippen LogP contribution in [0.4, 0.5) is 4.79 Å². The summed E-state index contributed by atoms with van der Waals surface area (Å²) in [5, 5.41) is 8.72. The third-order valence-corrected chi connectivity index (χ3v) is 7.45. The van der Waals surface area contributed by atoms with E-state index >= 15 is 0 Å². The first-order valence-corrected chi connectivity index (χ1v) is 11.2. The lowest BCUT2D eigenvalue weighted by Gasteiger charge is -2.58. The van der Waals surface area contributed by atoms with Gasteiger partial charge in [0.25, 0.3) is 5.91 Å². The standard InChI is InChI=1S/C22H35N3O4/c1-21(2,3)13-24-17(5-4-6-18(26)23-29)19(27)25(20(24)28)22-10-14-7-15(11-22)9-16(8-14)12-22/h14-17,29H,4-13H2,1-3H3,(H,23,26). The van der Waals surface area contributed by atoms with E-state index in [1.165, 1.54) is 19.3 Å². The fourth-order valence-corrected chi connectivity index (χ4v) is 6.89. The number of hydrogen-bond acceptors (Lipinski definition) is 4. The molecule has 29 heavy (non-hydrogen) atoms. The average Bonchev–Trinajstić information content (AvgIpc) is 2.83. The maximum Gasteiger partial charge on any atom is 0.327 e. The quantitative estimate of drug-likeness (QED) is 0.403. The second-order valence-electron chi connectivity index (χ2n) is 11.2. The van der Waals surface area contributed by atoms with Gasteiger partial charge in [0.2, 0.25) is 5.91 Å². The molecule has 5 fully saturated rings. The van der Waals surface area contributed by atoms with Crippen LogP contribution < -0.4 is 5.48 Å². The zero-order chi connectivity index (χ0) is 21.0. The molecule has 162 valence electrons. The number of hydroxylamine groups is 1. The highest BCUT2D eigenvalue weighted by atomic mass is 16.5. The van der Waals surface area contributed by atoms with Crippen molar-refractivity contribution in [2.24, 2.45) is 23.2 Å². The summed E-state index contributed by atoms with van der Waals surface area (Å²) in [6.07, 6.45) is 7.78. The molecule has 1 atom stereocenters. The molecule has 2 N–H and O–H groups in total. The smallest absolute Gasteiger partial charge is 0.312 e. The summed E-state index contributed by atoms with van der Waals surface area (Å²) in [5.74, 6) is 1.45. The van der Waals surface area contributed by atoms with Crippen LogP contribution >= 0.6 is 0 Å². The zero-order valence-corrected chi connectivity index (χ0v) is 17.9. The number of imide groups is 1. The molecule has 0 aromatic rings. The van der Waals surface area contributed by atoms with Crippen LogP contribution in [0.2, 0.25) is 0 Å². The van der Waals surface area contributed by atoms with Crippen molar-refractivity contribution in [2.45, 2.75) is 90.1 Å². The van der Waals surface area contributed by atoms with Crippen LogP contribution in [-0.2, 0) is 9.59 Å². The first kappa shape index (κ1) is 20.6. The fourth-order valence-electron chi connectivity index (χ4n) is 6.89. The van der Waals surface area contributed by atoms with Gasteiger partial charge < -0.3 is 4.90 Å². The average molecular weight is 406 g/mol. The highest BCUT2D eigenvalue weighted by molar-refractivity contribution is 6.05. The van der Waals surface area contributed by atoms with Crippen LogP contribution in [-0.4, -0.2) is 51.0 Å². The van der Waals surface area contributed by atoms with E-state index < -0.39 is 11.9 Å². The molecule has 0 spiro atoms. The normalized spacial score (nSPS) is 36.3. The molecule has 4 aliphatic carbocycles.